The quantitative estimate of drug-likeness (QED) is 0.132. The second kappa shape index (κ2) is 14.3. The van der Waals surface area contributed by atoms with Crippen LogP contribution in [0.3, 0.4) is 0 Å². The lowest BCUT2D eigenvalue weighted by Gasteiger charge is -2.32. The number of halogens is 7. The van der Waals surface area contributed by atoms with E-state index >= 15 is 0 Å². The number of ether oxygens (including phenoxy) is 1. The van der Waals surface area contributed by atoms with Gasteiger partial charge in [-0.25, -0.2) is 4.39 Å². The number of thiophene rings is 1. The van der Waals surface area contributed by atoms with Crippen LogP contribution in [0.4, 0.5) is 36.4 Å². The maximum Gasteiger partial charge on any atom is 0.573 e. The van der Waals surface area contributed by atoms with Gasteiger partial charge in [-0.3, -0.25) is 0 Å². The van der Waals surface area contributed by atoms with Crippen molar-refractivity contribution in [1.82, 2.24) is 10.2 Å². The predicted molar refractivity (Wildman–Crippen MR) is 166 cm³/mol. The first-order valence-corrected chi connectivity index (χ1v) is 17.4. The summed E-state index contributed by atoms with van der Waals surface area (Å²) in [6.07, 6.45) is -10.6. The van der Waals surface area contributed by atoms with E-state index in [0.717, 1.165) is 29.5 Å². The Morgan fingerprint density at radius 2 is 1.84 bits per heavy atom. The lowest BCUT2D eigenvalue weighted by molar-refractivity contribution is -0.274. The summed E-state index contributed by atoms with van der Waals surface area (Å²) in [5, 5.41) is 6.62. The smallest absolute Gasteiger partial charge is 0.404 e. The van der Waals surface area contributed by atoms with Gasteiger partial charge in [-0.15, -0.1) is 24.5 Å². The Bertz CT molecular complexity index is 1590. The van der Waals surface area contributed by atoms with Gasteiger partial charge in [0.25, 0.3) is 0 Å². The Balaban J connectivity index is 1.59. The zero-order chi connectivity index (χ0) is 33.0. The molecule has 1 fully saturated rings. The molecule has 0 bridgehead atoms. The van der Waals surface area contributed by atoms with E-state index in [2.05, 4.69) is 27.2 Å². The van der Waals surface area contributed by atoms with E-state index in [1.165, 1.54) is 12.1 Å². The third-order valence-corrected chi connectivity index (χ3v) is 12.3. The van der Waals surface area contributed by atoms with E-state index < -0.39 is 38.0 Å². The predicted octanol–water partition coefficient (Wildman–Crippen LogP) is 7.53. The lowest BCUT2D eigenvalue weighted by atomic mass is 10.0. The number of benzene rings is 2. The molecule has 2 heterocycles. The van der Waals surface area contributed by atoms with Crippen LogP contribution >= 0.6 is 18.5 Å². The SMILES string of the molecule is CCP(=O)(CC)c1ccc(NCC#Cc2sc3c(CN[C@H]4CCN(C)C[C@@H]4F)cccc3c2CC(F)(F)F)c(OC(F)(F)F)c1. The standard InChI is InChI=1S/C31H35F7N3O2PS/c1-4-44(42,5-2)21-11-12-26(27(16-21)43-31(36,37)38)39-14-7-10-28-23(17-30(33,34)35)22-9-6-8-20(29(22)45-28)18-40-25-13-15-41(3)19-24(25)32/h6,8-9,11-12,16,24-25,39-40H,4-5,13-15,17-19H2,1-3H3/t24-,25-/m0/s1. The molecule has 4 rings (SSSR count). The first-order valence-electron chi connectivity index (χ1n) is 14.5. The van der Waals surface area contributed by atoms with Gasteiger partial charge < -0.3 is 24.8 Å². The van der Waals surface area contributed by atoms with Crippen molar-refractivity contribution in [3.05, 3.63) is 52.4 Å². The van der Waals surface area contributed by atoms with Crippen molar-refractivity contribution in [2.75, 3.05) is 44.3 Å². The molecule has 246 valence electrons. The number of hydrogen-bond donors (Lipinski definition) is 2. The topological polar surface area (TPSA) is 53.6 Å². The minimum Gasteiger partial charge on any atom is -0.404 e. The molecule has 3 aromatic rings. The summed E-state index contributed by atoms with van der Waals surface area (Å²) >= 11 is 1.10. The van der Waals surface area contributed by atoms with Crippen LogP contribution < -0.4 is 20.7 Å². The van der Waals surface area contributed by atoms with E-state index in [1.54, 1.807) is 32.0 Å². The van der Waals surface area contributed by atoms with Crippen molar-refractivity contribution in [1.29, 1.82) is 0 Å². The summed E-state index contributed by atoms with van der Waals surface area (Å²) < 4.78 is 113. The second-order valence-electron chi connectivity index (χ2n) is 11.0. The normalized spacial score (nSPS) is 18.1. The molecular formula is C31H35F7N3O2PS. The number of nitrogens with one attached hydrogen (secondary N) is 2. The Labute approximate surface area is 261 Å². The van der Waals surface area contributed by atoms with E-state index in [9.17, 15) is 35.3 Å². The van der Waals surface area contributed by atoms with E-state index in [0.29, 0.717) is 23.1 Å². The molecule has 2 atom stereocenters. The second-order valence-corrected chi connectivity index (χ2v) is 15.5. The molecule has 0 amide bonds. The van der Waals surface area contributed by atoms with Crippen LogP contribution in [0.1, 0.15) is 36.3 Å². The van der Waals surface area contributed by atoms with Gasteiger partial charge >= 0.3 is 12.5 Å². The molecule has 5 nitrogen and oxygen atoms in total. The average Bonchev–Trinajstić information content (AvgIpc) is 3.30. The van der Waals surface area contributed by atoms with Gasteiger partial charge in [-0.05, 0) is 54.7 Å². The minimum absolute atomic E-state index is 0.0137. The summed E-state index contributed by atoms with van der Waals surface area (Å²) in [4.78, 5) is 2.09. The summed E-state index contributed by atoms with van der Waals surface area (Å²) in [6.45, 7) is 4.51. The van der Waals surface area contributed by atoms with Crippen LogP contribution in [-0.2, 0) is 17.5 Å². The summed E-state index contributed by atoms with van der Waals surface area (Å²) in [7, 11) is -1.05. The van der Waals surface area contributed by atoms with E-state index in [4.69, 9.17) is 0 Å². The average molecular weight is 678 g/mol. The van der Waals surface area contributed by atoms with Crippen molar-refractivity contribution < 1.29 is 40.0 Å². The number of fused-ring (bicyclic) bond motifs is 1. The molecule has 1 aliphatic rings. The van der Waals surface area contributed by atoms with E-state index in [-0.39, 0.29) is 52.9 Å². The zero-order valence-corrected chi connectivity index (χ0v) is 26.8. The molecule has 0 aliphatic carbocycles. The third kappa shape index (κ3) is 9.16. The van der Waals surface area contributed by atoms with Gasteiger partial charge in [-0.2, -0.15) is 13.2 Å². The van der Waals surface area contributed by atoms with Gasteiger partial charge in [0.2, 0.25) is 0 Å². The number of likely N-dealkylation sites (tertiary alicyclic amines) is 1. The molecule has 2 aromatic carbocycles. The van der Waals surface area contributed by atoms with Gasteiger partial charge in [0.05, 0.1) is 23.5 Å². The number of anilines is 1. The van der Waals surface area contributed by atoms with Crippen LogP contribution in [0.5, 0.6) is 5.75 Å². The van der Waals surface area contributed by atoms with Crippen molar-refractivity contribution in [3.63, 3.8) is 0 Å². The molecule has 0 unspecified atom stereocenters. The van der Waals surface area contributed by atoms with Crippen LogP contribution in [-0.4, -0.2) is 68.7 Å². The molecule has 0 radical (unpaired) electrons. The first-order chi connectivity index (χ1) is 21.1. The maximum absolute atomic E-state index is 14.5. The van der Waals surface area contributed by atoms with E-state index in [1.807, 2.05) is 11.9 Å². The monoisotopic (exact) mass is 677 g/mol. The third-order valence-electron chi connectivity index (χ3n) is 7.83. The van der Waals surface area contributed by atoms with Gasteiger partial charge in [-0.1, -0.05) is 43.9 Å². The van der Waals surface area contributed by atoms with Crippen LogP contribution in [0.15, 0.2) is 36.4 Å². The van der Waals surface area contributed by atoms with Gasteiger partial charge in [0.1, 0.15) is 13.3 Å². The number of nitrogens with zero attached hydrogens (tertiary/aromatic N) is 1. The molecule has 1 saturated heterocycles. The summed E-state index contributed by atoms with van der Waals surface area (Å²) in [6, 6.07) is 8.59. The number of alkyl halides is 7. The van der Waals surface area contributed by atoms with Crippen LogP contribution in [0, 0.1) is 11.8 Å². The van der Waals surface area contributed by atoms with Crippen molar-refractivity contribution in [2.45, 2.75) is 58.0 Å². The zero-order valence-electron chi connectivity index (χ0n) is 25.0. The highest BCUT2D eigenvalue weighted by Crippen LogP contribution is 2.45. The Hall–Kier alpha value is -2.78. The summed E-state index contributed by atoms with van der Waals surface area (Å²) in [5.74, 6) is 4.93. The molecule has 14 heteroatoms. The largest absolute Gasteiger partial charge is 0.573 e. The lowest BCUT2D eigenvalue weighted by Crippen LogP contribution is -2.49. The highest BCUT2D eigenvalue weighted by Gasteiger charge is 2.34. The first kappa shape index (κ1) is 35.1. The molecule has 0 saturated carbocycles. The molecule has 0 spiro atoms. The van der Waals surface area contributed by atoms with Crippen molar-refractivity contribution >= 4 is 39.6 Å². The van der Waals surface area contributed by atoms with Gasteiger partial charge in [0.15, 0.2) is 5.75 Å². The van der Waals surface area contributed by atoms with Gasteiger partial charge in [0, 0.05) is 41.5 Å². The maximum atomic E-state index is 14.5. The Kier molecular flexibility index (Phi) is 11.2. The number of rotatable bonds is 10. The minimum atomic E-state index is -5.00. The molecule has 2 N–H and O–H groups in total. The molecule has 1 aliphatic heterocycles. The highest BCUT2D eigenvalue weighted by atomic mass is 32.1. The Morgan fingerprint density at radius 3 is 2.49 bits per heavy atom. The Morgan fingerprint density at radius 1 is 1.11 bits per heavy atom. The number of hydrogen-bond acceptors (Lipinski definition) is 6. The van der Waals surface area contributed by atoms with Crippen LogP contribution in [0.2, 0.25) is 0 Å². The summed E-state index contributed by atoms with van der Waals surface area (Å²) in [5.41, 5.74) is 0.688. The molecular weight excluding hydrogens is 642 g/mol. The van der Waals surface area contributed by atoms with Crippen molar-refractivity contribution in [3.8, 4) is 17.6 Å². The van der Waals surface area contributed by atoms with Crippen molar-refractivity contribution in [2.24, 2.45) is 0 Å². The molecule has 45 heavy (non-hydrogen) atoms. The fraction of sp³-hybridized carbons (Fsp3) is 0.484. The number of piperidine rings is 1. The fourth-order valence-corrected chi connectivity index (χ4v) is 8.43. The van der Waals surface area contributed by atoms with Crippen LogP contribution in [0.25, 0.3) is 10.1 Å². The highest BCUT2D eigenvalue weighted by molar-refractivity contribution is 7.71. The molecule has 1 aromatic heterocycles. The fourth-order valence-electron chi connectivity index (χ4n) is 5.34.